The Labute approximate surface area is 172 Å². The smallest absolute Gasteiger partial charge is 0.332 e. The first kappa shape index (κ1) is 21.4. The number of nitrogens with one attached hydrogen (secondary N) is 2. The molecule has 7 nitrogen and oxygen atoms in total. The SMILES string of the molecule is CC[C@]1(c2ccccc2)NC(=O)N(NC(=O)C[NH2+][C@@H](C)c2ccc(F)c(F)c2)C1=O. The first-order valence-corrected chi connectivity index (χ1v) is 9.58. The number of carbonyl (C=O) groups excluding carboxylic acids is 3. The fourth-order valence-electron chi connectivity index (χ4n) is 3.42. The van der Waals surface area contributed by atoms with Crippen molar-refractivity contribution in [2.24, 2.45) is 0 Å². The fraction of sp³-hybridized carbons (Fsp3) is 0.286. The van der Waals surface area contributed by atoms with Crippen molar-refractivity contribution in [2.75, 3.05) is 6.54 Å². The predicted molar refractivity (Wildman–Crippen MR) is 103 cm³/mol. The van der Waals surface area contributed by atoms with Gasteiger partial charge in [-0.2, -0.15) is 5.01 Å². The van der Waals surface area contributed by atoms with Crippen LogP contribution in [0.4, 0.5) is 13.6 Å². The minimum atomic E-state index is -1.24. The number of quaternary nitrogens is 1. The van der Waals surface area contributed by atoms with Gasteiger partial charge in [-0.25, -0.2) is 13.6 Å². The van der Waals surface area contributed by atoms with E-state index >= 15 is 0 Å². The number of hydrogen-bond acceptors (Lipinski definition) is 3. The van der Waals surface area contributed by atoms with Crippen LogP contribution in [0.25, 0.3) is 0 Å². The van der Waals surface area contributed by atoms with E-state index in [9.17, 15) is 23.2 Å². The van der Waals surface area contributed by atoms with Crippen molar-refractivity contribution < 1.29 is 28.5 Å². The summed E-state index contributed by atoms with van der Waals surface area (Å²) in [6.07, 6.45) is 0.313. The molecule has 1 fully saturated rings. The summed E-state index contributed by atoms with van der Waals surface area (Å²) in [6.45, 7) is 3.38. The molecule has 4 amide bonds. The van der Waals surface area contributed by atoms with E-state index in [1.54, 1.807) is 49.5 Å². The van der Waals surface area contributed by atoms with Crippen LogP contribution in [0.15, 0.2) is 48.5 Å². The molecular weight excluding hydrogens is 394 g/mol. The van der Waals surface area contributed by atoms with Crippen molar-refractivity contribution in [2.45, 2.75) is 31.8 Å². The second-order valence-electron chi connectivity index (χ2n) is 7.13. The highest BCUT2D eigenvalue weighted by Gasteiger charge is 2.52. The number of carbonyl (C=O) groups is 3. The van der Waals surface area contributed by atoms with Crippen LogP contribution in [-0.4, -0.2) is 29.4 Å². The van der Waals surface area contributed by atoms with Crippen molar-refractivity contribution in [1.29, 1.82) is 0 Å². The molecule has 9 heteroatoms. The van der Waals surface area contributed by atoms with Gasteiger partial charge >= 0.3 is 6.03 Å². The van der Waals surface area contributed by atoms with E-state index in [2.05, 4.69) is 10.7 Å². The van der Waals surface area contributed by atoms with E-state index in [4.69, 9.17) is 0 Å². The van der Waals surface area contributed by atoms with Gasteiger partial charge in [-0.15, -0.1) is 0 Å². The summed E-state index contributed by atoms with van der Waals surface area (Å²) in [6, 6.07) is 11.3. The Morgan fingerprint density at radius 3 is 2.50 bits per heavy atom. The number of benzene rings is 2. The molecule has 1 saturated heterocycles. The number of amides is 4. The van der Waals surface area contributed by atoms with E-state index in [-0.39, 0.29) is 12.6 Å². The molecule has 0 bridgehead atoms. The lowest BCUT2D eigenvalue weighted by atomic mass is 9.87. The molecule has 0 unspecified atom stereocenters. The number of halogens is 2. The number of hydrazine groups is 1. The van der Waals surface area contributed by atoms with Crippen molar-refractivity contribution in [1.82, 2.24) is 15.8 Å². The summed E-state index contributed by atoms with van der Waals surface area (Å²) in [7, 11) is 0. The third kappa shape index (κ3) is 4.02. The summed E-state index contributed by atoms with van der Waals surface area (Å²) in [5, 5.41) is 4.95. The lowest BCUT2D eigenvalue weighted by Gasteiger charge is -2.25. The van der Waals surface area contributed by atoms with E-state index < -0.39 is 35.0 Å². The summed E-state index contributed by atoms with van der Waals surface area (Å²) >= 11 is 0. The van der Waals surface area contributed by atoms with Gasteiger partial charge < -0.3 is 10.6 Å². The molecule has 30 heavy (non-hydrogen) atoms. The monoisotopic (exact) mass is 417 g/mol. The molecule has 158 valence electrons. The van der Waals surface area contributed by atoms with Gasteiger partial charge in [0.2, 0.25) is 0 Å². The summed E-state index contributed by atoms with van der Waals surface area (Å²) in [5.41, 5.74) is 2.22. The van der Waals surface area contributed by atoms with E-state index in [1.807, 2.05) is 0 Å². The number of urea groups is 1. The molecule has 4 N–H and O–H groups in total. The van der Waals surface area contributed by atoms with Gasteiger partial charge in [0.15, 0.2) is 18.2 Å². The molecule has 2 aromatic rings. The van der Waals surface area contributed by atoms with Gasteiger partial charge in [0, 0.05) is 5.56 Å². The molecule has 3 rings (SSSR count). The summed E-state index contributed by atoms with van der Waals surface area (Å²) < 4.78 is 26.5. The predicted octanol–water partition coefficient (Wildman–Crippen LogP) is 1.48. The highest BCUT2D eigenvalue weighted by atomic mass is 19.2. The lowest BCUT2D eigenvalue weighted by Crippen LogP contribution is -2.87. The van der Waals surface area contributed by atoms with Crippen LogP contribution < -0.4 is 16.1 Å². The molecular formula is C21H23F2N4O3+. The molecule has 1 aliphatic heterocycles. The maximum absolute atomic E-state index is 13.4. The Hall–Kier alpha value is -3.33. The number of nitrogens with two attached hydrogens (primary N) is 1. The lowest BCUT2D eigenvalue weighted by molar-refractivity contribution is -0.682. The summed E-state index contributed by atoms with van der Waals surface area (Å²) in [5.74, 6) is -3.05. The Balaban J connectivity index is 1.64. The molecule has 2 atom stereocenters. The summed E-state index contributed by atoms with van der Waals surface area (Å²) in [4.78, 5) is 37.7. The molecule has 0 radical (unpaired) electrons. The van der Waals surface area contributed by atoms with Crippen LogP contribution in [0.2, 0.25) is 0 Å². The fourth-order valence-corrected chi connectivity index (χ4v) is 3.42. The maximum Gasteiger partial charge on any atom is 0.344 e. The number of nitrogens with zero attached hydrogens (tertiary/aromatic N) is 1. The standard InChI is InChI=1S/C21H22F2N4O3/c1-3-21(15-7-5-4-6-8-15)19(29)27(20(30)25-21)26-18(28)12-24-13(2)14-9-10-16(22)17(23)11-14/h4-11,13,24H,3,12H2,1-2H3,(H,25,30)(H,26,28)/p+1/t13-,21+/m0/s1. The molecule has 2 aromatic carbocycles. The zero-order valence-corrected chi connectivity index (χ0v) is 16.6. The third-order valence-corrected chi connectivity index (χ3v) is 5.25. The van der Waals surface area contributed by atoms with Crippen LogP contribution in [0.5, 0.6) is 0 Å². The average molecular weight is 417 g/mol. The van der Waals surface area contributed by atoms with Crippen LogP contribution >= 0.6 is 0 Å². The Morgan fingerprint density at radius 1 is 1.17 bits per heavy atom. The molecule has 1 heterocycles. The number of hydrogen-bond donors (Lipinski definition) is 3. The number of imide groups is 1. The minimum absolute atomic E-state index is 0.123. The zero-order chi connectivity index (χ0) is 21.9. The Morgan fingerprint density at radius 2 is 1.87 bits per heavy atom. The minimum Gasteiger partial charge on any atom is -0.332 e. The highest BCUT2D eigenvalue weighted by molar-refractivity contribution is 6.08. The van der Waals surface area contributed by atoms with Crippen LogP contribution in [0, 0.1) is 11.6 Å². The van der Waals surface area contributed by atoms with Crippen LogP contribution in [0.1, 0.15) is 37.4 Å². The first-order valence-electron chi connectivity index (χ1n) is 9.58. The van der Waals surface area contributed by atoms with Crippen molar-refractivity contribution >= 4 is 17.8 Å². The quantitative estimate of drug-likeness (QED) is 0.596. The molecule has 0 spiro atoms. The number of rotatable bonds is 7. The second kappa shape index (κ2) is 8.58. The molecule has 0 aromatic heterocycles. The maximum atomic E-state index is 13.4. The second-order valence-corrected chi connectivity index (χ2v) is 7.13. The van der Waals surface area contributed by atoms with Crippen molar-refractivity contribution in [3.8, 4) is 0 Å². The van der Waals surface area contributed by atoms with Gasteiger partial charge in [0.25, 0.3) is 11.8 Å². The van der Waals surface area contributed by atoms with Gasteiger partial charge in [0.05, 0.1) is 0 Å². The molecule has 0 aliphatic carbocycles. The normalized spacial score (nSPS) is 19.5. The van der Waals surface area contributed by atoms with Crippen molar-refractivity contribution in [3.05, 3.63) is 71.3 Å². The van der Waals surface area contributed by atoms with E-state index in [0.717, 1.165) is 12.1 Å². The van der Waals surface area contributed by atoms with Gasteiger partial charge in [-0.1, -0.05) is 37.3 Å². The van der Waals surface area contributed by atoms with Gasteiger partial charge in [-0.3, -0.25) is 15.0 Å². The van der Waals surface area contributed by atoms with Crippen molar-refractivity contribution in [3.63, 3.8) is 0 Å². The molecule has 0 saturated carbocycles. The van der Waals surface area contributed by atoms with Gasteiger partial charge in [0.1, 0.15) is 11.6 Å². The zero-order valence-electron chi connectivity index (χ0n) is 16.6. The van der Waals surface area contributed by atoms with E-state index in [1.165, 1.54) is 6.07 Å². The average Bonchev–Trinajstić information content (AvgIpc) is 2.99. The Bertz CT molecular complexity index is 970. The third-order valence-electron chi connectivity index (χ3n) is 5.25. The van der Waals surface area contributed by atoms with Gasteiger partial charge in [-0.05, 0) is 37.1 Å². The van der Waals surface area contributed by atoms with Crippen LogP contribution in [-0.2, 0) is 15.1 Å². The van der Waals surface area contributed by atoms with E-state index in [0.29, 0.717) is 22.6 Å². The largest absolute Gasteiger partial charge is 0.344 e. The first-order chi connectivity index (χ1) is 14.3. The highest BCUT2D eigenvalue weighted by Crippen LogP contribution is 2.31. The topological polar surface area (TPSA) is 95.1 Å². The Kier molecular flexibility index (Phi) is 6.12. The molecule has 1 aliphatic rings. The van der Waals surface area contributed by atoms with Crippen LogP contribution in [0.3, 0.4) is 0 Å².